The quantitative estimate of drug-likeness (QED) is 0.679. The smallest absolute Gasteiger partial charge is 0.246 e. The number of aromatic nitrogens is 3. The van der Waals surface area contributed by atoms with Crippen LogP contribution in [0.25, 0.3) is 11.5 Å². The number of aliphatic hydroxyl groups excluding tert-OH is 1. The van der Waals surface area contributed by atoms with E-state index in [1.807, 2.05) is 12.1 Å². The van der Waals surface area contributed by atoms with Gasteiger partial charge in [0.15, 0.2) is 0 Å². The lowest BCUT2D eigenvalue weighted by molar-refractivity contribution is 0.146. The molecule has 2 heterocycles. The second kappa shape index (κ2) is 3.84. The highest BCUT2D eigenvalue weighted by atomic mass is 16.5. The van der Waals surface area contributed by atoms with Crippen LogP contribution in [0.5, 0.6) is 0 Å². The molecule has 0 fully saturated rings. The summed E-state index contributed by atoms with van der Waals surface area (Å²) in [6, 6.07) is 3.00. The van der Waals surface area contributed by atoms with E-state index >= 15 is 0 Å². The van der Waals surface area contributed by atoms with E-state index in [-0.39, 0.29) is 5.89 Å². The van der Waals surface area contributed by atoms with Crippen LogP contribution in [0.15, 0.2) is 22.9 Å². The Morgan fingerprint density at radius 1 is 1.60 bits per heavy atom. The molecule has 0 bridgehead atoms. The first-order valence-corrected chi connectivity index (χ1v) is 4.59. The summed E-state index contributed by atoms with van der Waals surface area (Å²) in [5.74, 6) is 0.667. The first-order chi connectivity index (χ1) is 7.18. The zero-order chi connectivity index (χ0) is 10.8. The fourth-order valence-electron chi connectivity index (χ4n) is 1.16. The second-order valence-corrected chi connectivity index (χ2v) is 3.31. The predicted octanol–water partition coefficient (Wildman–Crippen LogP) is 0.445. The van der Waals surface area contributed by atoms with Crippen molar-refractivity contribution in [3.05, 3.63) is 24.2 Å². The first kappa shape index (κ1) is 9.88. The minimum Gasteiger partial charge on any atom is -0.391 e. The number of hydrogen-bond donors (Lipinski definition) is 3. The Morgan fingerprint density at radius 3 is 3.00 bits per heavy atom. The molecule has 0 unspecified atom stereocenters. The molecule has 0 saturated heterocycles. The zero-order valence-electron chi connectivity index (χ0n) is 8.21. The lowest BCUT2D eigenvalue weighted by Gasteiger charge is -2.08. The second-order valence-electron chi connectivity index (χ2n) is 3.31. The molecule has 6 nitrogen and oxygen atoms in total. The molecular weight excluding hydrogens is 196 g/mol. The van der Waals surface area contributed by atoms with Gasteiger partial charge in [-0.3, -0.25) is 0 Å². The van der Waals surface area contributed by atoms with Gasteiger partial charge in [-0.2, -0.15) is 4.98 Å². The van der Waals surface area contributed by atoms with Crippen LogP contribution in [0.3, 0.4) is 0 Å². The number of aromatic amines is 1. The molecule has 0 aliphatic rings. The molecule has 4 N–H and O–H groups in total. The minimum atomic E-state index is -0.720. The molecule has 15 heavy (non-hydrogen) atoms. The number of hydrogen-bond acceptors (Lipinski definition) is 5. The molecule has 0 amide bonds. The molecule has 2 aromatic rings. The predicted molar refractivity (Wildman–Crippen MR) is 52.7 cm³/mol. The third-order valence-electron chi connectivity index (χ3n) is 2.09. The summed E-state index contributed by atoms with van der Waals surface area (Å²) >= 11 is 0. The Morgan fingerprint density at radius 2 is 2.40 bits per heavy atom. The molecule has 0 saturated carbocycles. The Balaban J connectivity index is 2.25. The first-order valence-electron chi connectivity index (χ1n) is 4.59. The molecule has 0 aliphatic carbocycles. The Kier molecular flexibility index (Phi) is 2.53. The van der Waals surface area contributed by atoms with Crippen LogP contribution in [-0.2, 0) is 0 Å². The van der Waals surface area contributed by atoms with E-state index in [4.69, 9.17) is 10.3 Å². The van der Waals surface area contributed by atoms with Crippen LogP contribution < -0.4 is 5.73 Å². The molecular formula is C9H12N4O2. The normalized spacial score (nSPS) is 15.1. The van der Waals surface area contributed by atoms with E-state index in [2.05, 4.69) is 15.1 Å². The molecule has 6 heteroatoms. The average molecular weight is 208 g/mol. The zero-order valence-corrected chi connectivity index (χ0v) is 8.21. The summed E-state index contributed by atoms with van der Waals surface area (Å²) in [7, 11) is 0. The fraction of sp³-hybridized carbons (Fsp3) is 0.333. The highest BCUT2D eigenvalue weighted by Gasteiger charge is 2.19. The summed E-state index contributed by atoms with van der Waals surface area (Å²) < 4.78 is 4.95. The van der Waals surface area contributed by atoms with Gasteiger partial charge in [0.2, 0.25) is 11.7 Å². The van der Waals surface area contributed by atoms with Gasteiger partial charge in [-0.25, -0.2) is 0 Å². The molecule has 0 radical (unpaired) electrons. The highest BCUT2D eigenvalue weighted by molar-refractivity contribution is 5.47. The van der Waals surface area contributed by atoms with Crippen molar-refractivity contribution in [2.45, 2.75) is 19.1 Å². The molecule has 2 rings (SSSR count). The summed E-state index contributed by atoms with van der Waals surface area (Å²) in [5, 5.41) is 13.0. The Hall–Kier alpha value is -1.66. The van der Waals surface area contributed by atoms with Crippen molar-refractivity contribution in [3.8, 4) is 11.5 Å². The van der Waals surface area contributed by atoms with Crippen LogP contribution >= 0.6 is 0 Å². The van der Waals surface area contributed by atoms with E-state index in [0.717, 1.165) is 5.69 Å². The fourth-order valence-corrected chi connectivity index (χ4v) is 1.16. The number of nitrogens with zero attached hydrogens (tertiary/aromatic N) is 2. The van der Waals surface area contributed by atoms with Crippen molar-refractivity contribution in [3.63, 3.8) is 0 Å². The maximum Gasteiger partial charge on any atom is 0.246 e. The average Bonchev–Trinajstić information content (AvgIpc) is 2.86. The Bertz CT molecular complexity index is 421. The van der Waals surface area contributed by atoms with Crippen molar-refractivity contribution in [1.82, 2.24) is 15.1 Å². The maximum atomic E-state index is 9.25. The van der Waals surface area contributed by atoms with Gasteiger partial charge in [0.05, 0.1) is 11.8 Å². The van der Waals surface area contributed by atoms with Gasteiger partial charge in [0.25, 0.3) is 0 Å². The number of rotatable bonds is 3. The third-order valence-corrected chi connectivity index (χ3v) is 2.09. The van der Waals surface area contributed by atoms with Crippen molar-refractivity contribution >= 4 is 0 Å². The van der Waals surface area contributed by atoms with Crippen LogP contribution in [0, 0.1) is 0 Å². The largest absolute Gasteiger partial charge is 0.391 e. The van der Waals surface area contributed by atoms with Gasteiger partial charge in [0, 0.05) is 6.20 Å². The summed E-state index contributed by atoms with van der Waals surface area (Å²) in [6.45, 7) is 1.57. The van der Waals surface area contributed by atoms with Crippen molar-refractivity contribution in [1.29, 1.82) is 0 Å². The molecule has 80 valence electrons. The van der Waals surface area contributed by atoms with Gasteiger partial charge >= 0.3 is 0 Å². The van der Waals surface area contributed by atoms with E-state index < -0.39 is 12.1 Å². The van der Waals surface area contributed by atoms with Crippen LogP contribution in [-0.4, -0.2) is 26.3 Å². The number of nitrogens with one attached hydrogen (secondary N) is 1. The number of H-pyrrole nitrogens is 1. The molecule has 0 spiro atoms. The molecule has 2 aromatic heterocycles. The minimum absolute atomic E-state index is 0.231. The topological polar surface area (TPSA) is 101 Å². The highest BCUT2D eigenvalue weighted by Crippen LogP contribution is 2.17. The monoisotopic (exact) mass is 208 g/mol. The van der Waals surface area contributed by atoms with Gasteiger partial charge in [-0.15, -0.1) is 0 Å². The van der Waals surface area contributed by atoms with Crippen molar-refractivity contribution in [2.24, 2.45) is 5.73 Å². The van der Waals surface area contributed by atoms with Crippen molar-refractivity contribution in [2.75, 3.05) is 0 Å². The summed E-state index contributed by atoms with van der Waals surface area (Å²) in [6.07, 6.45) is 1.04. The lowest BCUT2D eigenvalue weighted by Crippen LogP contribution is -2.23. The van der Waals surface area contributed by atoms with E-state index in [0.29, 0.717) is 5.82 Å². The standard InChI is InChI=1S/C9H12N4O2/c1-5(14)7(10)9-12-8(13-15-9)6-3-2-4-11-6/h2-5,7,11,14H,10H2,1H3/t5-,7+/m1/s1. The van der Waals surface area contributed by atoms with Crippen LogP contribution in [0.1, 0.15) is 18.9 Å². The number of nitrogens with two attached hydrogens (primary N) is 1. The summed E-state index contributed by atoms with van der Waals surface area (Å²) in [5.41, 5.74) is 6.40. The number of aliphatic hydroxyl groups is 1. The van der Waals surface area contributed by atoms with E-state index in [9.17, 15) is 5.11 Å². The maximum absolute atomic E-state index is 9.25. The van der Waals surface area contributed by atoms with Crippen molar-refractivity contribution < 1.29 is 9.63 Å². The molecule has 0 aromatic carbocycles. The van der Waals surface area contributed by atoms with Crippen LogP contribution in [0.2, 0.25) is 0 Å². The van der Waals surface area contributed by atoms with Gasteiger partial charge in [0.1, 0.15) is 6.04 Å². The molecule has 0 aliphatic heterocycles. The molecule has 2 atom stereocenters. The summed E-state index contributed by atoms with van der Waals surface area (Å²) in [4.78, 5) is 7.03. The van der Waals surface area contributed by atoms with Gasteiger partial charge in [-0.05, 0) is 19.1 Å². The van der Waals surface area contributed by atoms with Gasteiger partial charge in [-0.1, -0.05) is 5.16 Å². The van der Waals surface area contributed by atoms with E-state index in [1.54, 1.807) is 13.1 Å². The van der Waals surface area contributed by atoms with E-state index in [1.165, 1.54) is 0 Å². The van der Waals surface area contributed by atoms with Crippen LogP contribution in [0.4, 0.5) is 0 Å². The van der Waals surface area contributed by atoms with Gasteiger partial charge < -0.3 is 20.3 Å². The SMILES string of the molecule is C[C@@H](O)[C@H](N)c1nc(-c2ccc[nH]2)no1. The lowest BCUT2D eigenvalue weighted by atomic mass is 10.2. The Labute approximate surface area is 86.1 Å². The third kappa shape index (κ3) is 1.90.